The second-order valence-electron chi connectivity index (χ2n) is 11.3. The molecule has 0 aliphatic rings. The lowest BCUT2D eigenvalue weighted by Crippen LogP contribution is -2.51. The van der Waals surface area contributed by atoms with E-state index < -0.39 is 6.04 Å². The van der Waals surface area contributed by atoms with Gasteiger partial charge in [-0.15, -0.1) is 0 Å². The molecular weight excluding hydrogens is 456 g/mol. The van der Waals surface area contributed by atoms with Crippen LogP contribution in [-0.4, -0.2) is 29.3 Å². The Labute approximate surface area is 223 Å². The summed E-state index contributed by atoms with van der Waals surface area (Å²) in [7, 11) is 0. The molecule has 0 saturated carbocycles. The Morgan fingerprint density at radius 2 is 1.35 bits per heavy atom. The van der Waals surface area contributed by atoms with Crippen LogP contribution in [-0.2, 0) is 34.4 Å². The fraction of sp³-hybridized carbons (Fsp3) is 0.394. The molecule has 0 aromatic heterocycles. The van der Waals surface area contributed by atoms with Gasteiger partial charge in [-0.1, -0.05) is 120 Å². The second-order valence-corrected chi connectivity index (χ2v) is 11.3. The van der Waals surface area contributed by atoms with E-state index in [4.69, 9.17) is 0 Å². The summed E-state index contributed by atoms with van der Waals surface area (Å²) in [6.07, 6.45) is 1.47. The van der Waals surface area contributed by atoms with Crippen molar-refractivity contribution in [3.63, 3.8) is 0 Å². The first kappa shape index (κ1) is 28.2. The van der Waals surface area contributed by atoms with E-state index in [9.17, 15) is 9.59 Å². The molecule has 0 fully saturated rings. The highest BCUT2D eigenvalue weighted by Gasteiger charge is 2.30. The van der Waals surface area contributed by atoms with Gasteiger partial charge in [0.2, 0.25) is 11.8 Å². The topological polar surface area (TPSA) is 49.4 Å². The zero-order chi connectivity index (χ0) is 26.8. The Balaban J connectivity index is 1.85. The van der Waals surface area contributed by atoms with Gasteiger partial charge in [0.05, 0.1) is 0 Å². The van der Waals surface area contributed by atoms with E-state index in [1.807, 2.05) is 60.7 Å². The molecule has 0 heterocycles. The Morgan fingerprint density at radius 3 is 1.89 bits per heavy atom. The molecule has 196 valence electrons. The molecule has 37 heavy (non-hydrogen) atoms. The minimum absolute atomic E-state index is 0.00983. The molecule has 0 radical (unpaired) electrons. The van der Waals surface area contributed by atoms with Crippen molar-refractivity contribution in [2.75, 3.05) is 6.54 Å². The van der Waals surface area contributed by atoms with Crippen LogP contribution in [0.4, 0.5) is 0 Å². The van der Waals surface area contributed by atoms with E-state index in [0.29, 0.717) is 38.3 Å². The highest BCUT2D eigenvalue weighted by molar-refractivity contribution is 5.88. The van der Waals surface area contributed by atoms with Crippen LogP contribution in [0.3, 0.4) is 0 Å². The van der Waals surface area contributed by atoms with Gasteiger partial charge in [-0.25, -0.2) is 0 Å². The van der Waals surface area contributed by atoms with Gasteiger partial charge in [0.1, 0.15) is 6.04 Å². The maximum atomic E-state index is 13.8. The van der Waals surface area contributed by atoms with Crippen LogP contribution in [0.5, 0.6) is 0 Å². The van der Waals surface area contributed by atoms with Crippen LogP contribution in [0.1, 0.15) is 63.3 Å². The summed E-state index contributed by atoms with van der Waals surface area (Å²) in [5.41, 5.74) is 4.55. The first-order valence-electron chi connectivity index (χ1n) is 13.4. The number of carbonyl (C=O) groups excluding carboxylic acids is 2. The number of carbonyl (C=O) groups is 2. The largest absolute Gasteiger partial charge is 0.354 e. The number of amides is 2. The zero-order valence-corrected chi connectivity index (χ0v) is 23.0. The van der Waals surface area contributed by atoms with Crippen molar-refractivity contribution in [1.82, 2.24) is 10.2 Å². The molecule has 1 atom stereocenters. The second kappa shape index (κ2) is 13.2. The molecule has 3 rings (SSSR count). The highest BCUT2D eigenvalue weighted by atomic mass is 16.2. The Hall–Kier alpha value is -3.40. The number of nitrogens with one attached hydrogen (secondary N) is 1. The maximum absolute atomic E-state index is 13.8. The average molecular weight is 499 g/mol. The average Bonchev–Trinajstić information content (AvgIpc) is 2.88. The van der Waals surface area contributed by atoms with Crippen molar-refractivity contribution in [1.29, 1.82) is 0 Å². The summed E-state index contributed by atoms with van der Waals surface area (Å²) in [5, 5.41) is 3.08. The fourth-order valence-corrected chi connectivity index (χ4v) is 4.32. The molecule has 0 saturated heterocycles. The third-order valence-corrected chi connectivity index (χ3v) is 6.60. The summed E-state index contributed by atoms with van der Waals surface area (Å²) in [6.45, 7) is 11.7. The molecule has 0 unspecified atom stereocenters. The third kappa shape index (κ3) is 8.89. The Morgan fingerprint density at radius 1 is 0.784 bits per heavy atom. The lowest BCUT2D eigenvalue weighted by atomic mass is 9.86. The Bertz CT molecular complexity index is 1120. The monoisotopic (exact) mass is 498 g/mol. The first-order valence-corrected chi connectivity index (χ1v) is 13.4. The van der Waals surface area contributed by atoms with Crippen LogP contribution in [0, 0.1) is 5.92 Å². The van der Waals surface area contributed by atoms with Crippen LogP contribution in [0.25, 0.3) is 0 Å². The lowest BCUT2D eigenvalue weighted by Gasteiger charge is -2.32. The van der Waals surface area contributed by atoms with Crippen LogP contribution >= 0.6 is 0 Å². The minimum Gasteiger partial charge on any atom is -0.354 e. The molecule has 0 aliphatic carbocycles. The van der Waals surface area contributed by atoms with Crippen molar-refractivity contribution < 1.29 is 9.59 Å². The summed E-state index contributed by atoms with van der Waals surface area (Å²) in [6, 6.07) is 27.8. The van der Waals surface area contributed by atoms with Crippen molar-refractivity contribution in [2.45, 2.75) is 71.9 Å². The molecule has 0 spiro atoms. The van der Waals surface area contributed by atoms with E-state index in [1.165, 1.54) is 5.56 Å². The summed E-state index contributed by atoms with van der Waals surface area (Å²) in [4.78, 5) is 29.0. The third-order valence-electron chi connectivity index (χ3n) is 6.60. The van der Waals surface area contributed by atoms with E-state index in [1.54, 1.807) is 4.90 Å². The Kier molecular flexibility index (Phi) is 10.1. The lowest BCUT2D eigenvalue weighted by molar-refractivity contribution is -0.141. The van der Waals surface area contributed by atoms with Crippen molar-refractivity contribution in [3.05, 3.63) is 107 Å². The number of hydrogen-bond donors (Lipinski definition) is 1. The fourth-order valence-electron chi connectivity index (χ4n) is 4.32. The molecule has 2 amide bonds. The predicted octanol–water partition coefficient (Wildman–Crippen LogP) is 6.33. The molecule has 0 bridgehead atoms. The van der Waals surface area contributed by atoms with Crippen LogP contribution in [0.15, 0.2) is 84.9 Å². The molecule has 1 N–H and O–H groups in total. The van der Waals surface area contributed by atoms with Gasteiger partial charge in [-0.3, -0.25) is 9.59 Å². The van der Waals surface area contributed by atoms with Gasteiger partial charge in [0.15, 0.2) is 0 Å². The molecule has 4 nitrogen and oxygen atoms in total. The van der Waals surface area contributed by atoms with Gasteiger partial charge in [-0.2, -0.15) is 0 Å². The maximum Gasteiger partial charge on any atom is 0.243 e. The van der Waals surface area contributed by atoms with Crippen molar-refractivity contribution in [3.8, 4) is 0 Å². The van der Waals surface area contributed by atoms with Crippen molar-refractivity contribution in [2.24, 2.45) is 5.92 Å². The number of aryl methyl sites for hydroxylation is 1. The molecule has 3 aromatic carbocycles. The van der Waals surface area contributed by atoms with Gasteiger partial charge in [0, 0.05) is 25.9 Å². The summed E-state index contributed by atoms with van der Waals surface area (Å²) >= 11 is 0. The number of hydrogen-bond acceptors (Lipinski definition) is 2. The summed E-state index contributed by atoms with van der Waals surface area (Å²) in [5.74, 6) is 0.219. The van der Waals surface area contributed by atoms with Crippen LogP contribution in [0.2, 0.25) is 0 Å². The number of nitrogens with zero attached hydrogens (tertiary/aromatic N) is 1. The highest BCUT2D eigenvalue weighted by Crippen LogP contribution is 2.23. The first-order chi connectivity index (χ1) is 17.6. The van der Waals surface area contributed by atoms with Gasteiger partial charge in [0.25, 0.3) is 0 Å². The number of benzene rings is 3. The van der Waals surface area contributed by atoms with E-state index >= 15 is 0 Å². The number of rotatable bonds is 11. The van der Waals surface area contributed by atoms with Crippen LogP contribution < -0.4 is 5.32 Å². The van der Waals surface area contributed by atoms with Gasteiger partial charge in [-0.05, 0) is 40.0 Å². The molecule has 4 heteroatoms. The van der Waals surface area contributed by atoms with Gasteiger partial charge >= 0.3 is 0 Å². The minimum atomic E-state index is -0.586. The quantitative estimate of drug-likeness (QED) is 0.336. The predicted molar refractivity (Wildman–Crippen MR) is 152 cm³/mol. The van der Waals surface area contributed by atoms with E-state index in [0.717, 1.165) is 16.7 Å². The normalized spacial score (nSPS) is 12.3. The smallest absolute Gasteiger partial charge is 0.243 e. The van der Waals surface area contributed by atoms with Gasteiger partial charge < -0.3 is 10.2 Å². The SMILES string of the molecule is CC(C)CNC(=O)[C@H](Cc1ccccc1)N(Cc1ccccc1)C(=O)CCc1ccc(C(C)(C)C)cc1. The zero-order valence-electron chi connectivity index (χ0n) is 23.0. The van der Waals surface area contributed by atoms with E-state index in [-0.39, 0.29) is 17.2 Å². The van der Waals surface area contributed by atoms with Crippen molar-refractivity contribution >= 4 is 11.8 Å². The standard InChI is InChI=1S/C33H42N2O2/c1-25(2)23-34-32(37)30(22-27-12-8-6-9-13-27)35(24-28-14-10-7-11-15-28)31(36)21-18-26-16-19-29(20-17-26)33(3,4)5/h6-17,19-20,25,30H,18,21-24H2,1-5H3,(H,34,37)/t30-/m0/s1. The summed E-state index contributed by atoms with van der Waals surface area (Å²) < 4.78 is 0. The molecule has 0 aliphatic heterocycles. The van der Waals surface area contributed by atoms with E-state index in [2.05, 4.69) is 64.2 Å². The molecule has 3 aromatic rings. The molecular formula is C33H42N2O2.